The third kappa shape index (κ3) is 7.69. The van der Waals surface area contributed by atoms with E-state index in [0.717, 1.165) is 22.4 Å². The molecule has 0 aliphatic rings. The van der Waals surface area contributed by atoms with Crippen molar-refractivity contribution in [1.82, 2.24) is 4.90 Å². The van der Waals surface area contributed by atoms with Crippen molar-refractivity contribution >= 4 is 23.2 Å². The maximum Gasteiger partial charge on any atom is 0.262 e. The van der Waals surface area contributed by atoms with Crippen LogP contribution < -0.4 is 20.7 Å². The highest BCUT2D eigenvalue weighted by atomic mass is 16.5. The summed E-state index contributed by atoms with van der Waals surface area (Å²) in [7, 11) is 3.92. The average molecular weight is 523 g/mol. The van der Waals surface area contributed by atoms with Gasteiger partial charge in [-0.1, -0.05) is 60.7 Å². The molecule has 0 heterocycles. The highest BCUT2D eigenvalue weighted by molar-refractivity contribution is 5.95. The van der Waals surface area contributed by atoms with Crippen LogP contribution in [0.1, 0.15) is 27.0 Å². The van der Waals surface area contributed by atoms with Crippen molar-refractivity contribution in [2.45, 2.75) is 19.6 Å². The van der Waals surface area contributed by atoms with Crippen molar-refractivity contribution in [3.8, 4) is 5.75 Å². The van der Waals surface area contributed by atoms with Crippen molar-refractivity contribution in [3.05, 3.63) is 125 Å². The molecular weight excluding hydrogens is 488 g/mol. The molecule has 7 heteroatoms. The monoisotopic (exact) mass is 522 g/mol. The number of hydrogen-bond donors (Lipinski definition) is 2. The average Bonchev–Trinajstić information content (AvgIpc) is 2.97. The van der Waals surface area contributed by atoms with E-state index in [9.17, 15) is 9.59 Å². The third-order valence-electron chi connectivity index (χ3n) is 6.28. The maximum absolute atomic E-state index is 13.8. The summed E-state index contributed by atoms with van der Waals surface area (Å²) in [5, 5.41) is 2.94. The standard InChI is InChI=1S/C32H34N4O3/c1-35(2)28-17-15-26(16-18-28)32(38)36(21-25-10-8-9-24(19-25)20-33)22-27-11-6-7-14-30(27)34-31(37)23-39-29-12-4-3-5-13-29/h3-19H,20-23,33H2,1-2H3,(H,34,37). The number of nitrogens with one attached hydrogen (secondary N) is 1. The van der Waals surface area contributed by atoms with E-state index < -0.39 is 0 Å². The zero-order chi connectivity index (χ0) is 27.6. The normalized spacial score (nSPS) is 10.5. The second-order valence-electron chi connectivity index (χ2n) is 9.43. The van der Waals surface area contributed by atoms with Crippen LogP contribution in [0.25, 0.3) is 0 Å². The molecule has 0 aromatic heterocycles. The zero-order valence-corrected chi connectivity index (χ0v) is 22.3. The van der Waals surface area contributed by atoms with Gasteiger partial charge in [0.05, 0.1) is 0 Å². The van der Waals surface area contributed by atoms with E-state index >= 15 is 0 Å². The topological polar surface area (TPSA) is 87.9 Å². The lowest BCUT2D eigenvalue weighted by Gasteiger charge is -2.25. The number of anilines is 2. The van der Waals surface area contributed by atoms with Crippen LogP contribution in [-0.2, 0) is 24.4 Å². The lowest BCUT2D eigenvalue weighted by molar-refractivity contribution is -0.118. The predicted molar refractivity (Wildman–Crippen MR) is 156 cm³/mol. The maximum atomic E-state index is 13.8. The van der Waals surface area contributed by atoms with Crippen LogP contribution in [0.4, 0.5) is 11.4 Å². The smallest absolute Gasteiger partial charge is 0.262 e. The fourth-order valence-corrected chi connectivity index (χ4v) is 4.20. The lowest BCUT2D eigenvalue weighted by atomic mass is 10.1. The van der Waals surface area contributed by atoms with Crippen molar-refractivity contribution in [3.63, 3.8) is 0 Å². The summed E-state index contributed by atoms with van der Waals surface area (Å²) in [4.78, 5) is 30.2. The molecule has 39 heavy (non-hydrogen) atoms. The van der Waals surface area contributed by atoms with Gasteiger partial charge in [-0.15, -0.1) is 0 Å². The van der Waals surface area contributed by atoms with Crippen molar-refractivity contribution in [2.24, 2.45) is 5.73 Å². The fraction of sp³-hybridized carbons (Fsp3) is 0.188. The van der Waals surface area contributed by atoms with Crippen molar-refractivity contribution in [1.29, 1.82) is 0 Å². The minimum absolute atomic E-state index is 0.105. The van der Waals surface area contributed by atoms with Crippen molar-refractivity contribution < 1.29 is 14.3 Å². The van der Waals surface area contributed by atoms with Gasteiger partial charge in [0.15, 0.2) is 6.61 Å². The summed E-state index contributed by atoms with van der Waals surface area (Å²) in [5.41, 5.74) is 10.9. The SMILES string of the molecule is CN(C)c1ccc(C(=O)N(Cc2cccc(CN)c2)Cc2ccccc2NC(=O)COc2ccccc2)cc1. The number of benzene rings is 4. The Bertz CT molecular complexity index is 1390. The number of nitrogens with two attached hydrogens (primary N) is 1. The molecule has 3 N–H and O–H groups in total. The molecule has 0 saturated heterocycles. The molecule has 0 saturated carbocycles. The van der Waals surface area contributed by atoms with E-state index in [1.165, 1.54) is 0 Å². The van der Waals surface area contributed by atoms with Crippen LogP contribution in [0.15, 0.2) is 103 Å². The van der Waals surface area contributed by atoms with Gasteiger partial charge in [0.2, 0.25) is 0 Å². The fourth-order valence-electron chi connectivity index (χ4n) is 4.20. The molecular formula is C32H34N4O3. The van der Waals surface area contributed by atoms with Gasteiger partial charge < -0.3 is 25.6 Å². The minimum Gasteiger partial charge on any atom is -0.484 e. The van der Waals surface area contributed by atoms with E-state index in [0.29, 0.717) is 36.6 Å². The van der Waals surface area contributed by atoms with E-state index in [1.807, 2.05) is 110 Å². The first-order valence-corrected chi connectivity index (χ1v) is 12.8. The number of ether oxygens (including phenoxy) is 1. The second kappa shape index (κ2) is 13.3. The van der Waals surface area contributed by atoms with Crippen LogP contribution in [0.5, 0.6) is 5.75 Å². The Labute approximate surface area is 229 Å². The van der Waals surface area contributed by atoms with E-state index in [2.05, 4.69) is 5.32 Å². The molecule has 0 aliphatic heterocycles. The number of carbonyl (C=O) groups excluding carboxylic acids is 2. The number of nitrogens with zero attached hydrogens (tertiary/aromatic N) is 2. The van der Waals surface area contributed by atoms with Gasteiger partial charge in [-0.05, 0) is 59.2 Å². The molecule has 2 amide bonds. The molecule has 0 fully saturated rings. The molecule has 0 aliphatic carbocycles. The molecule has 7 nitrogen and oxygen atoms in total. The Morgan fingerprint density at radius 2 is 1.49 bits per heavy atom. The summed E-state index contributed by atoms with van der Waals surface area (Å²) in [6.07, 6.45) is 0. The Morgan fingerprint density at radius 3 is 2.21 bits per heavy atom. The van der Waals surface area contributed by atoms with Gasteiger partial charge in [0, 0.05) is 50.7 Å². The first-order valence-electron chi connectivity index (χ1n) is 12.8. The molecule has 0 radical (unpaired) electrons. The van der Waals surface area contributed by atoms with E-state index in [-0.39, 0.29) is 18.4 Å². The highest BCUT2D eigenvalue weighted by Crippen LogP contribution is 2.22. The second-order valence-corrected chi connectivity index (χ2v) is 9.43. The molecule has 4 aromatic rings. The molecule has 200 valence electrons. The summed E-state index contributed by atoms with van der Waals surface area (Å²) < 4.78 is 5.59. The predicted octanol–water partition coefficient (Wildman–Crippen LogP) is 5.07. The van der Waals surface area contributed by atoms with Crippen LogP contribution in [0.3, 0.4) is 0 Å². The number of amides is 2. The molecule has 0 atom stereocenters. The quantitative estimate of drug-likeness (QED) is 0.287. The van der Waals surface area contributed by atoms with Crippen LogP contribution >= 0.6 is 0 Å². The van der Waals surface area contributed by atoms with Gasteiger partial charge in [-0.3, -0.25) is 9.59 Å². The number of hydrogen-bond acceptors (Lipinski definition) is 5. The largest absolute Gasteiger partial charge is 0.484 e. The zero-order valence-electron chi connectivity index (χ0n) is 22.3. The lowest BCUT2D eigenvalue weighted by Crippen LogP contribution is -2.31. The highest BCUT2D eigenvalue weighted by Gasteiger charge is 2.19. The van der Waals surface area contributed by atoms with Gasteiger partial charge in [0.25, 0.3) is 11.8 Å². The molecule has 0 spiro atoms. The van der Waals surface area contributed by atoms with Gasteiger partial charge in [-0.2, -0.15) is 0 Å². The molecule has 0 bridgehead atoms. The number of rotatable bonds is 11. The van der Waals surface area contributed by atoms with Crippen LogP contribution in [0.2, 0.25) is 0 Å². The van der Waals surface area contributed by atoms with Gasteiger partial charge >= 0.3 is 0 Å². The van der Waals surface area contributed by atoms with E-state index in [1.54, 1.807) is 17.0 Å². The Kier molecular flexibility index (Phi) is 9.32. The van der Waals surface area contributed by atoms with Gasteiger partial charge in [-0.25, -0.2) is 0 Å². The Morgan fingerprint density at radius 1 is 0.795 bits per heavy atom. The first-order chi connectivity index (χ1) is 18.9. The first kappa shape index (κ1) is 27.4. The van der Waals surface area contributed by atoms with Gasteiger partial charge in [0.1, 0.15) is 5.75 Å². The van der Waals surface area contributed by atoms with Crippen LogP contribution in [-0.4, -0.2) is 37.4 Å². The number of carbonyl (C=O) groups is 2. The van der Waals surface area contributed by atoms with E-state index in [4.69, 9.17) is 10.5 Å². The minimum atomic E-state index is -0.279. The summed E-state index contributed by atoms with van der Waals surface area (Å²) in [5.74, 6) is 0.240. The van der Waals surface area contributed by atoms with Crippen LogP contribution in [0, 0.1) is 0 Å². The Balaban J connectivity index is 1.55. The Hall–Kier alpha value is -4.62. The van der Waals surface area contributed by atoms with Crippen molar-refractivity contribution in [2.75, 3.05) is 30.9 Å². The molecule has 4 aromatic carbocycles. The summed E-state index contributed by atoms with van der Waals surface area (Å²) >= 11 is 0. The molecule has 4 rings (SSSR count). The summed E-state index contributed by atoms with van der Waals surface area (Å²) in [6.45, 7) is 0.997. The summed E-state index contributed by atoms with van der Waals surface area (Å²) in [6, 6.07) is 32.2. The molecule has 0 unspecified atom stereocenters. The third-order valence-corrected chi connectivity index (χ3v) is 6.28. The number of para-hydroxylation sites is 2.